The number of hydrogen-bond donors (Lipinski definition) is 2. The maximum Gasteiger partial charge on any atom is 0.220 e. The van der Waals surface area contributed by atoms with Crippen LogP contribution in [0.5, 0.6) is 0 Å². The monoisotopic (exact) mass is 477 g/mol. The Labute approximate surface area is 204 Å². The van der Waals surface area contributed by atoms with Gasteiger partial charge < -0.3 is 10.6 Å². The Morgan fingerprint density at radius 3 is 2.38 bits per heavy atom. The van der Waals surface area contributed by atoms with E-state index >= 15 is 0 Å². The first-order chi connectivity index (χ1) is 16.3. The molecular formula is C26H28ClN5O2. The molecule has 0 aliphatic rings. The van der Waals surface area contributed by atoms with Gasteiger partial charge in [0, 0.05) is 30.1 Å². The van der Waals surface area contributed by atoms with Crippen LogP contribution < -0.4 is 10.6 Å². The molecule has 0 aliphatic heterocycles. The van der Waals surface area contributed by atoms with Gasteiger partial charge in [-0.3, -0.25) is 9.59 Å². The summed E-state index contributed by atoms with van der Waals surface area (Å²) in [5.41, 5.74) is 2.41. The van der Waals surface area contributed by atoms with E-state index in [9.17, 15) is 14.9 Å². The van der Waals surface area contributed by atoms with E-state index in [1.165, 1.54) is 0 Å². The van der Waals surface area contributed by atoms with Gasteiger partial charge >= 0.3 is 0 Å². The highest BCUT2D eigenvalue weighted by Crippen LogP contribution is 2.26. The summed E-state index contributed by atoms with van der Waals surface area (Å²) in [6.45, 7) is 6.92. The van der Waals surface area contributed by atoms with Gasteiger partial charge in [-0.25, -0.2) is 4.68 Å². The van der Waals surface area contributed by atoms with Crippen LogP contribution in [0.4, 0.5) is 5.82 Å². The lowest BCUT2D eigenvalue weighted by Gasteiger charge is -2.11. The average molecular weight is 478 g/mol. The average Bonchev–Trinajstić information content (AvgIpc) is 3.17. The number of nitrogens with zero attached hydrogens (tertiary/aromatic N) is 3. The molecule has 0 spiro atoms. The van der Waals surface area contributed by atoms with Gasteiger partial charge in [-0.2, -0.15) is 10.4 Å². The first-order valence-electron chi connectivity index (χ1n) is 11.2. The summed E-state index contributed by atoms with van der Waals surface area (Å²) in [4.78, 5) is 25.1. The number of ketones is 1. The van der Waals surface area contributed by atoms with Crippen molar-refractivity contribution < 1.29 is 9.59 Å². The number of carbonyl (C=O) groups is 2. The number of anilines is 1. The highest BCUT2D eigenvalue weighted by Gasteiger charge is 2.25. The van der Waals surface area contributed by atoms with Gasteiger partial charge in [0.1, 0.15) is 17.5 Å². The van der Waals surface area contributed by atoms with Gasteiger partial charge in [0.05, 0.1) is 5.69 Å². The van der Waals surface area contributed by atoms with Crippen LogP contribution in [0.25, 0.3) is 5.69 Å². The molecule has 0 fully saturated rings. The number of nitriles is 1. The minimum Gasteiger partial charge on any atom is -0.369 e. The molecule has 0 atom stereocenters. The van der Waals surface area contributed by atoms with E-state index in [0.29, 0.717) is 53.9 Å². The fraction of sp³-hybridized carbons (Fsp3) is 0.308. The zero-order chi connectivity index (χ0) is 24.7. The Morgan fingerprint density at radius 1 is 1.09 bits per heavy atom. The Balaban J connectivity index is 1.86. The van der Waals surface area contributed by atoms with E-state index in [4.69, 9.17) is 11.6 Å². The predicted molar refractivity (Wildman–Crippen MR) is 133 cm³/mol. The first kappa shape index (κ1) is 25.0. The van der Waals surface area contributed by atoms with Gasteiger partial charge in [-0.05, 0) is 43.5 Å². The lowest BCUT2D eigenvalue weighted by molar-refractivity contribution is -0.121. The number of nitrogens with one attached hydrogen (secondary N) is 2. The minimum atomic E-state index is -0.326. The van der Waals surface area contributed by atoms with Crippen LogP contribution in [-0.2, 0) is 4.79 Å². The molecule has 2 aromatic carbocycles. The molecule has 176 valence electrons. The second-order valence-corrected chi connectivity index (χ2v) is 8.93. The summed E-state index contributed by atoms with van der Waals surface area (Å²) in [6, 6.07) is 16.3. The van der Waals surface area contributed by atoms with Crippen molar-refractivity contribution in [2.45, 2.75) is 33.6 Å². The third-order valence-corrected chi connectivity index (χ3v) is 5.41. The third kappa shape index (κ3) is 6.24. The molecule has 34 heavy (non-hydrogen) atoms. The summed E-state index contributed by atoms with van der Waals surface area (Å²) in [7, 11) is 0. The lowest BCUT2D eigenvalue weighted by Crippen LogP contribution is -2.26. The molecule has 0 saturated carbocycles. The maximum atomic E-state index is 13.2. The number of rotatable bonds is 10. The summed E-state index contributed by atoms with van der Waals surface area (Å²) >= 11 is 6.03. The summed E-state index contributed by atoms with van der Waals surface area (Å²) in [5, 5.41) is 21.1. The van der Waals surface area contributed by atoms with Crippen molar-refractivity contribution >= 4 is 29.1 Å². The second kappa shape index (κ2) is 11.5. The number of hydrogen-bond acceptors (Lipinski definition) is 5. The molecule has 8 heteroatoms. The Hall–Kier alpha value is -3.63. The van der Waals surface area contributed by atoms with Crippen LogP contribution in [0, 0.1) is 24.2 Å². The quantitative estimate of drug-likeness (QED) is 0.319. The number of aryl methyl sites for hydroxylation is 1. The van der Waals surface area contributed by atoms with E-state index in [1.807, 2.05) is 32.9 Å². The summed E-state index contributed by atoms with van der Waals surface area (Å²) in [6.07, 6.45) is 1.13. The van der Waals surface area contributed by atoms with Gasteiger partial charge in [-0.15, -0.1) is 0 Å². The van der Waals surface area contributed by atoms with Crippen LogP contribution in [0.2, 0.25) is 5.02 Å². The molecular weight excluding hydrogens is 450 g/mol. The van der Waals surface area contributed by atoms with Gasteiger partial charge in [0.25, 0.3) is 0 Å². The number of benzene rings is 2. The molecule has 3 aromatic rings. The second-order valence-electron chi connectivity index (χ2n) is 8.50. The molecule has 1 amide bonds. The molecule has 0 radical (unpaired) electrons. The van der Waals surface area contributed by atoms with Crippen molar-refractivity contribution in [3.05, 3.63) is 75.9 Å². The third-order valence-electron chi connectivity index (χ3n) is 5.16. The molecule has 0 aliphatic carbocycles. The molecule has 1 aromatic heterocycles. The molecule has 2 N–H and O–H groups in total. The molecule has 7 nitrogen and oxygen atoms in total. The van der Waals surface area contributed by atoms with E-state index < -0.39 is 0 Å². The first-order valence-corrected chi connectivity index (χ1v) is 11.6. The molecule has 0 unspecified atom stereocenters. The molecule has 0 bridgehead atoms. The van der Waals surface area contributed by atoms with Crippen LogP contribution in [-0.4, -0.2) is 34.6 Å². The van der Waals surface area contributed by atoms with Crippen molar-refractivity contribution in [3.8, 4) is 11.8 Å². The van der Waals surface area contributed by atoms with E-state index in [0.717, 1.165) is 5.56 Å². The smallest absolute Gasteiger partial charge is 0.220 e. The minimum absolute atomic E-state index is 0.0184. The van der Waals surface area contributed by atoms with E-state index in [2.05, 4.69) is 21.8 Å². The zero-order valence-electron chi connectivity index (χ0n) is 19.6. The van der Waals surface area contributed by atoms with Gasteiger partial charge in [0.2, 0.25) is 11.7 Å². The largest absolute Gasteiger partial charge is 0.369 e. The molecule has 3 rings (SSSR count). The topological polar surface area (TPSA) is 99.8 Å². The summed E-state index contributed by atoms with van der Waals surface area (Å²) < 4.78 is 1.55. The van der Waals surface area contributed by atoms with Gasteiger partial charge in [-0.1, -0.05) is 55.3 Å². The van der Waals surface area contributed by atoms with Crippen LogP contribution in [0.3, 0.4) is 0 Å². The number of halogens is 1. The predicted octanol–water partition coefficient (Wildman–Crippen LogP) is 4.90. The van der Waals surface area contributed by atoms with Crippen molar-refractivity contribution in [3.63, 3.8) is 0 Å². The molecule has 0 saturated heterocycles. The number of carbonyl (C=O) groups excluding carboxylic acids is 2. The highest BCUT2D eigenvalue weighted by molar-refractivity contribution is 6.30. The highest BCUT2D eigenvalue weighted by atomic mass is 35.5. The maximum absolute atomic E-state index is 13.2. The standard InChI is InChI=1S/C26H28ClN5O2/c1-17(2)15-23(33)29-13-4-14-30-26-22(16-28)24(25(34)19-7-5-18(3)6-8-19)31-32(26)21-11-9-20(27)10-12-21/h5-12,17,30H,4,13-15H2,1-3H3,(H,29,33). The van der Waals surface area contributed by atoms with Crippen molar-refractivity contribution in [1.82, 2.24) is 15.1 Å². The van der Waals surface area contributed by atoms with Crippen LogP contribution in [0.1, 0.15) is 53.9 Å². The Bertz CT molecular complexity index is 1190. The van der Waals surface area contributed by atoms with Crippen molar-refractivity contribution in [2.75, 3.05) is 18.4 Å². The normalized spacial score (nSPS) is 10.7. The summed E-state index contributed by atoms with van der Waals surface area (Å²) in [5.74, 6) is 0.418. The van der Waals surface area contributed by atoms with Crippen LogP contribution in [0.15, 0.2) is 48.5 Å². The fourth-order valence-electron chi connectivity index (χ4n) is 3.42. The van der Waals surface area contributed by atoms with E-state index in [1.54, 1.807) is 41.1 Å². The van der Waals surface area contributed by atoms with Gasteiger partial charge in [0.15, 0.2) is 5.69 Å². The number of aromatic nitrogens is 2. The zero-order valence-corrected chi connectivity index (χ0v) is 20.3. The Morgan fingerprint density at radius 2 is 1.76 bits per heavy atom. The van der Waals surface area contributed by atoms with Crippen molar-refractivity contribution in [1.29, 1.82) is 5.26 Å². The number of amides is 1. The molecule has 1 heterocycles. The fourth-order valence-corrected chi connectivity index (χ4v) is 3.55. The SMILES string of the molecule is Cc1ccc(C(=O)c2nn(-c3ccc(Cl)cc3)c(NCCCNC(=O)CC(C)C)c2C#N)cc1. The van der Waals surface area contributed by atoms with Crippen molar-refractivity contribution in [2.24, 2.45) is 5.92 Å². The van der Waals surface area contributed by atoms with Crippen LogP contribution >= 0.6 is 11.6 Å². The lowest BCUT2D eigenvalue weighted by atomic mass is 10.0. The Kier molecular flexibility index (Phi) is 8.44. The van der Waals surface area contributed by atoms with E-state index in [-0.39, 0.29) is 22.9 Å².